The Balaban J connectivity index is 2.67. The van der Waals surface area contributed by atoms with Gasteiger partial charge in [0.1, 0.15) is 0 Å². The van der Waals surface area contributed by atoms with E-state index >= 15 is 0 Å². The van der Waals surface area contributed by atoms with Crippen molar-refractivity contribution in [3.63, 3.8) is 0 Å². The number of alkyl halides is 1. The molecule has 0 saturated heterocycles. The zero-order chi connectivity index (χ0) is 11.1. The van der Waals surface area contributed by atoms with E-state index in [1.54, 1.807) is 0 Å². The van der Waals surface area contributed by atoms with Crippen molar-refractivity contribution in [3.05, 3.63) is 34.3 Å². The molecule has 0 saturated carbocycles. The van der Waals surface area contributed by atoms with Gasteiger partial charge in [-0.1, -0.05) is 56.5 Å². The molecule has 0 fully saturated rings. The predicted molar refractivity (Wildman–Crippen MR) is 70.1 cm³/mol. The average Bonchev–Trinajstić information content (AvgIpc) is 2.26. The van der Waals surface area contributed by atoms with Gasteiger partial charge in [0.05, 0.1) is 12.0 Å². The second-order valence-corrected chi connectivity index (χ2v) is 5.04. The van der Waals surface area contributed by atoms with E-state index in [-0.39, 0.29) is 5.92 Å². The third-order valence-electron chi connectivity index (χ3n) is 2.31. The Kier molecular flexibility index (Phi) is 5.97. The molecule has 0 aliphatic rings. The van der Waals surface area contributed by atoms with Crippen molar-refractivity contribution >= 4 is 31.9 Å². The molecule has 0 aliphatic carbocycles. The summed E-state index contributed by atoms with van der Waals surface area (Å²) >= 11 is 6.89. The van der Waals surface area contributed by atoms with Crippen LogP contribution in [0, 0.1) is 11.3 Å². The zero-order valence-electron chi connectivity index (χ0n) is 8.42. The van der Waals surface area contributed by atoms with Crippen molar-refractivity contribution in [3.8, 4) is 6.07 Å². The van der Waals surface area contributed by atoms with Gasteiger partial charge in [0.2, 0.25) is 0 Å². The predicted octanol–water partition coefficient (Wildman–Crippen LogP) is 4.62. The van der Waals surface area contributed by atoms with E-state index in [4.69, 9.17) is 5.26 Å². The maximum absolute atomic E-state index is 9.12. The normalized spacial score (nSPS) is 12.1. The minimum atomic E-state index is 0.0135. The van der Waals surface area contributed by atoms with Crippen molar-refractivity contribution in [1.82, 2.24) is 0 Å². The molecule has 1 atom stereocenters. The highest BCUT2D eigenvalue weighted by Gasteiger charge is 2.12. The van der Waals surface area contributed by atoms with E-state index in [0.29, 0.717) is 0 Å². The minimum Gasteiger partial charge on any atom is -0.198 e. The summed E-state index contributed by atoms with van der Waals surface area (Å²) in [6.07, 6.45) is 3.15. The van der Waals surface area contributed by atoms with E-state index in [9.17, 15) is 0 Å². The molecule has 1 nitrogen and oxygen atoms in total. The maximum atomic E-state index is 9.12. The lowest BCUT2D eigenvalue weighted by atomic mass is 9.95. The molecule has 0 spiro atoms. The fraction of sp³-hybridized carbons (Fsp3) is 0.417. The first-order chi connectivity index (χ1) is 7.29. The van der Waals surface area contributed by atoms with Gasteiger partial charge in [0.15, 0.2) is 0 Å². The molecule has 1 rings (SSSR count). The topological polar surface area (TPSA) is 23.8 Å². The minimum absolute atomic E-state index is 0.0135. The number of nitriles is 1. The molecule has 80 valence electrons. The largest absolute Gasteiger partial charge is 0.198 e. The quantitative estimate of drug-likeness (QED) is 0.570. The second kappa shape index (κ2) is 7.03. The fourth-order valence-corrected chi connectivity index (χ4v) is 2.45. The molecule has 0 bridgehead atoms. The number of unbranched alkanes of at least 4 members (excludes halogenated alkanes) is 1. The van der Waals surface area contributed by atoms with Gasteiger partial charge < -0.3 is 0 Å². The highest BCUT2D eigenvalue weighted by molar-refractivity contribution is 9.10. The van der Waals surface area contributed by atoms with Gasteiger partial charge in [-0.05, 0) is 24.5 Å². The summed E-state index contributed by atoms with van der Waals surface area (Å²) in [5.41, 5.74) is 1.11. The average molecular weight is 331 g/mol. The summed E-state index contributed by atoms with van der Waals surface area (Å²) in [7, 11) is 0. The zero-order valence-corrected chi connectivity index (χ0v) is 11.6. The van der Waals surface area contributed by atoms with E-state index in [2.05, 4.69) is 37.9 Å². The molecule has 0 N–H and O–H groups in total. The first-order valence-electron chi connectivity index (χ1n) is 4.99. The number of halogens is 2. The summed E-state index contributed by atoms with van der Waals surface area (Å²) in [6, 6.07) is 10.3. The van der Waals surface area contributed by atoms with Crippen LogP contribution in [0.5, 0.6) is 0 Å². The lowest BCUT2D eigenvalue weighted by molar-refractivity contribution is 0.674. The Morgan fingerprint density at radius 3 is 2.60 bits per heavy atom. The van der Waals surface area contributed by atoms with Crippen molar-refractivity contribution in [2.24, 2.45) is 0 Å². The highest BCUT2D eigenvalue weighted by Crippen LogP contribution is 2.28. The van der Waals surface area contributed by atoms with Gasteiger partial charge in [0.25, 0.3) is 0 Å². The molecular weight excluding hydrogens is 318 g/mol. The summed E-state index contributed by atoms with van der Waals surface area (Å²) in [6.45, 7) is 0. The van der Waals surface area contributed by atoms with Crippen LogP contribution >= 0.6 is 31.9 Å². The Morgan fingerprint density at radius 1 is 1.27 bits per heavy atom. The van der Waals surface area contributed by atoms with Crippen LogP contribution in [0.1, 0.15) is 30.7 Å². The van der Waals surface area contributed by atoms with E-state index in [0.717, 1.165) is 34.6 Å². The molecule has 1 unspecified atom stereocenters. The smallest absolute Gasteiger partial charge is 0.0723 e. The van der Waals surface area contributed by atoms with Gasteiger partial charge in [-0.25, -0.2) is 0 Å². The molecule has 1 aromatic carbocycles. The summed E-state index contributed by atoms with van der Waals surface area (Å²) in [5, 5.41) is 10.1. The van der Waals surface area contributed by atoms with Crippen LogP contribution in [-0.2, 0) is 0 Å². The highest BCUT2D eigenvalue weighted by atomic mass is 79.9. The molecule has 0 heterocycles. The fourth-order valence-electron chi connectivity index (χ4n) is 1.49. The SMILES string of the molecule is N#CC(CCCCBr)c1ccccc1Br. The van der Waals surface area contributed by atoms with E-state index in [1.165, 1.54) is 0 Å². The van der Waals surface area contributed by atoms with E-state index < -0.39 is 0 Å². The van der Waals surface area contributed by atoms with Gasteiger partial charge in [-0.15, -0.1) is 0 Å². The molecule has 0 aromatic heterocycles. The summed E-state index contributed by atoms with van der Waals surface area (Å²) < 4.78 is 1.04. The van der Waals surface area contributed by atoms with Gasteiger partial charge in [0, 0.05) is 9.80 Å². The third-order valence-corrected chi connectivity index (χ3v) is 3.60. The van der Waals surface area contributed by atoms with Gasteiger partial charge in [-0.2, -0.15) is 5.26 Å². The number of hydrogen-bond acceptors (Lipinski definition) is 1. The lowest BCUT2D eigenvalue weighted by Crippen LogP contribution is -1.97. The van der Waals surface area contributed by atoms with Crippen LogP contribution in [-0.4, -0.2) is 5.33 Å². The summed E-state index contributed by atoms with van der Waals surface area (Å²) in [5.74, 6) is 0.0135. The number of benzene rings is 1. The molecule has 3 heteroatoms. The van der Waals surface area contributed by atoms with Crippen LogP contribution in [0.3, 0.4) is 0 Å². The van der Waals surface area contributed by atoms with Crippen molar-refractivity contribution in [2.45, 2.75) is 25.2 Å². The lowest BCUT2D eigenvalue weighted by Gasteiger charge is -2.10. The molecule has 0 radical (unpaired) electrons. The Morgan fingerprint density at radius 2 is 2.00 bits per heavy atom. The van der Waals surface area contributed by atoms with Crippen LogP contribution < -0.4 is 0 Å². The summed E-state index contributed by atoms with van der Waals surface area (Å²) in [4.78, 5) is 0. The standard InChI is InChI=1S/C12H13Br2N/c13-8-4-3-5-10(9-15)11-6-1-2-7-12(11)14/h1-2,6-7,10H,3-5,8H2. The Labute approximate surface area is 108 Å². The maximum Gasteiger partial charge on any atom is 0.0723 e. The monoisotopic (exact) mass is 329 g/mol. The van der Waals surface area contributed by atoms with Gasteiger partial charge >= 0.3 is 0 Å². The molecule has 0 amide bonds. The van der Waals surface area contributed by atoms with Crippen molar-refractivity contribution in [1.29, 1.82) is 5.26 Å². The van der Waals surface area contributed by atoms with Crippen LogP contribution in [0.25, 0.3) is 0 Å². The van der Waals surface area contributed by atoms with Crippen LogP contribution in [0.4, 0.5) is 0 Å². The van der Waals surface area contributed by atoms with Crippen LogP contribution in [0.15, 0.2) is 28.7 Å². The third kappa shape index (κ3) is 3.96. The number of hydrogen-bond donors (Lipinski definition) is 0. The molecular formula is C12H13Br2N. The van der Waals surface area contributed by atoms with Crippen LogP contribution in [0.2, 0.25) is 0 Å². The van der Waals surface area contributed by atoms with E-state index in [1.807, 2.05) is 24.3 Å². The molecule has 15 heavy (non-hydrogen) atoms. The molecule has 0 aliphatic heterocycles. The first-order valence-corrected chi connectivity index (χ1v) is 6.91. The van der Waals surface area contributed by atoms with Crippen molar-refractivity contribution < 1.29 is 0 Å². The Hall–Kier alpha value is -0.330. The second-order valence-electron chi connectivity index (χ2n) is 3.39. The van der Waals surface area contributed by atoms with Crippen molar-refractivity contribution in [2.75, 3.05) is 5.33 Å². The van der Waals surface area contributed by atoms with Gasteiger partial charge in [-0.3, -0.25) is 0 Å². The molecule has 1 aromatic rings. The number of rotatable bonds is 5. The first kappa shape index (κ1) is 12.7. The Bertz CT molecular complexity index is 344. The number of nitrogens with zero attached hydrogens (tertiary/aromatic N) is 1.